The van der Waals surface area contributed by atoms with Crippen molar-refractivity contribution in [2.45, 2.75) is 6.29 Å². The smallest absolute Gasteiger partial charge is 0.419 e. The minimum atomic E-state index is -1.81. The van der Waals surface area contributed by atoms with E-state index in [-0.39, 0.29) is 0 Å². The topological polar surface area (TPSA) is 104 Å². The van der Waals surface area contributed by atoms with Crippen LogP contribution in [0.4, 0.5) is 0 Å². The van der Waals surface area contributed by atoms with Gasteiger partial charge in [-0.2, -0.15) is 0 Å². The normalized spacial score (nSPS) is 12.2. The van der Waals surface area contributed by atoms with E-state index in [0.29, 0.717) is 0 Å². The van der Waals surface area contributed by atoms with E-state index in [1.807, 2.05) is 0 Å². The Labute approximate surface area is 55.7 Å². The molecular weight excluding hydrogens is 144 g/mol. The molecule has 0 saturated heterocycles. The third kappa shape index (κ3) is 3.00. The molecule has 0 aliphatic heterocycles. The number of aliphatic hydroxyl groups is 2. The van der Waals surface area contributed by atoms with Crippen LogP contribution in [-0.2, 0) is 14.3 Å². The molecule has 1 atom stereocenters. The van der Waals surface area contributed by atoms with Crippen LogP contribution in [0, 0.1) is 0 Å². The molecule has 0 rings (SSSR count). The molecule has 10 heavy (non-hydrogen) atoms. The second-order valence-electron chi connectivity index (χ2n) is 1.35. The van der Waals surface area contributed by atoms with E-state index >= 15 is 0 Å². The third-order valence-corrected chi connectivity index (χ3v) is 0.574. The molecule has 0 aromatic rings. The molecule has 1 unspecified atom stereocenters. The van der Waals surface area contributed by atoms with E-state index < -0.39 is 24.8 Å². The maximum atomic E-state index is 10.0. The molecule has 0 bridgehead atoms. The van der Waals surface area contributed by atoms with Crippen molar-refractivity contribution in [2.75, 3.05) is 6.61 Å². The fourth-order valence-corrected chi connectivity index (χ4v) is 0.211. The Kier molecular flexibility index (Phi) is 3.37. The summed E-state index contributed by atoms with van der Waals surface area (Å²) in [6.07, 6.45) is -1.76. The molecule has 0 aromatic carbocycles. The summed E-state index contributed by atoms with van der Waals surface area (Å²) in [4.78, 5) is 19.7. The molecule has 0 aromatic heterocycles. The highest BCUT2D eigenvalue weighted by atomic mass is 16.7. The highest BCUT2D eigenvalue weighted by Gasteiger charge is 2.16. The molecule has 58 valence electrons. The molecular formula is C4H6O6. The van der Waals surface area contributed by atoms with E-state index in [0.717, 1.165) is 0 Å². The minimum Gasteiger partial charge on any atom is -0.473 e. The maximum absolute atomic E-state index is 10.0. The molecule has 0 aliphatic rings. The number of ether oxygens (including phenoxy) is 1. The maximum Gasteiger partial charge on any atom is 0.419 e. The van der Waals surface area contributed by atoms with Gasteiger partial charge in [0.1, 0.15) is 6.61 Å². The van der Waals surface area contributed by atoms with Gasteiger partial charge < -0.3 is 20.1 Å². The van der Waals surface area contributed by atoms with Crippen molar-refractivity contribution >= 4 is 11.9 Å². The molecule has 3 N–H and O–H groups in total. The van der Waals surface area contributed by atoms with Crippen molar-refractivity contribution in [1.82, 2.24) is 0 Å². The largest absolute Gasteiger partial charge is 0.473 e. The summed E-state index contributed by atoms with van der Waals surface area (Å²) in [7, 11) is 0. The number of carboxylic acid groups (broad SMARTS) is 1. The summed E-state index contributed by atoms with van der Waals surface area (Å²) in [5.41, 5.74) is 0. The molecule has 0 amide bonds. The van der Waals surface area contributed by atoms with Gasteiger partial charge >= 0.3 is 11.9 Å². The first-order valence-corrected chi connectivity index (χ1v) is 2.30. The predicted octanol–water partition coefficient (Wildman–Crippen LogP) is -2.08. The molecule has 0 fully saturated rings. The fourth-order valence-electron chi connectivity index (χ4n) is 0.211. The van der Waals surface area contributed by atoms with Crippen molar-refractivity contribution < 1.29 is 29.6 Å². The Morgan fingerprint density at radius 3 is 2.30 bits per heavy atom. The summed E-state index contributed by atoms with van der Waals surface area (Å²) in [6, 6.07) is 0. The fraction of sp³-hybridized carbons (Fsp3) is 0.500. The van der Waals surface area contributed by atoms with Gasteiger partial charge in [-0.25, -0.2) is 9.59 Å². The lowest BCUT2D eigenvalue weighted by Gasteiger charge is -2.04. The van der Waals surface area contributed by atoms with Crippen LogP contribution in [0.1, 0.15) is 0 Å². The van der Waals surface area contributed by atoms with Crippen LogP contribution >= 0.6 is 0 Å². The van der Waals surface area contributed by atoms with Gasteiger partial charge in [0.05, 0.1) is 0 Å². The molecule has 6 heteroatoms. The van der Waals surface area contributed by atoms with Crippen molar-refractivity contribution in [3.63, 3.8) is 0 Å². The van der Waals surface area contributed by atoms with Crippen LogP contribution in [0.15, 0.2) is 0 Å². The Hall–Kier alpha value is -1.14. The van der Waals surface area contributed by atoms with Crippen LogP contribution in [0.25, 0.3) is 0 Å². The summed E-state index contributed by atoms with van der Waals surface area (Å²) >= 11 is 0. The van der Waals surface area contributed by atoms with Crippen molar-refractivity contribution in [3.8, 4) is 0 Å². The number of carbonyl (C=O) groups excluding carboxylic acids is 1. The first kappa shape index (κ1) is 8.86. The average Bonchev–Trinajstić information content (AvgIpc) is 1.87. The molecule has 0 saturated carbocycles. The quantitative estimate of drug-likeness (QED) is 0.237. The first-order chi connectivity index (χ1) is 4.57. The second-order valence-corrected chi connectivity index (χ2v) is 1.35. The Bertz CT molecular complexity index is 141. The van der Waals surface area contributed by atoms with Gasteiger partial charge in [0.25, 0.3) is 0 Å². The van der Waals surface area contributed by atoms with Gasteiger partial charge in [-0.1, -0.05) is 0 Å². The Balaban J connectivity index is 3.68. The Morgan fingerprint density at radius 2 is 2.00 bits per heavy atom. The monoisotopic (exact) mass is 150 g/mol. The van der Waals surface area contributed by atoms with Crippen LogP contribution in [0.2, 0.25) is 0 Å². The van der Waals surface area contributed by atoms with Crippen LogP contribution in [-0.4, -0.2) is 40.2 Å². The second kappa shape index (κ2) is 3.80. The van der Waals surface area contributed by atoms with E-state index in [4.69, 9.17) is 15.3 Å². The summed E-state index contributed by atoms with van der Waals surface area (Å²) in [6.45, 7) is -0.820. The molecule has 6 nitrogen and oxygen atoms in total. The summed E-state index contributed by atoms with van der Waals surface area (Å²) in [5, 5.41) is 24.2. The van der Waals surface area contributed by atoms with E-state index in [1.54, 1.807) is 0 Å². The van der Waals surface area contributed by atoms with Gasteiger partial charge in [0, 0.05) is 0 Å². The van der Waals surface area contributed by atoms with Crippen LogP contribution in [0.3, 0.4) is 0 Å². The number of hydrogen-bond acceptors (Lipinski definition) is 5. The van der Waals surface area contributed by atoms with Gasteiger partial charge in [-0.3, -0.25) is 0 Å². The van der Waals surface area contributed by atoms with Gasteiger partial charge in [-0.15, -0.1) is 0 Å². The van der Waals surface area contributed by atoms with E-state index in [9.17, 15) is 9.59 Å². The number of hydrogen-bond donors (Lipinski definition) is 3. The van der Waals surface area contributed by atoms with Gasteiger partial charge in [0.2, 0.25) is 6.29 Å². The lowest BCUT2D eigenvalue weighted by atomic mass is 10.6. The third-order valence-electron chi connectivity index (χ3n) is 0.574. The lowest BCUT2D eigenvalue weighted by Crippen LogP contribution is -2.26. The van der Waals surface area contributed by atoms with Crippen molar-refractivity contribution in [3.05, 3.63) is 0 Å². The summed E-state index contributed by atoms with van der Waals surface area (Å²) < 4.78 is 3.73. The Morgan fingerprint density at radius 1 is 1.50 bits per heavy atom. The summed E-state index contributed by atoms with van der Waals surface area (Å²) in [5.74, 6) is -3.41. The molecule has 0 radical (unpaired) electrons. The number of carbonyl (C=O) groups is 2. The molecule has 0 aliphatic carbocycles. The number of esters is 1. The zero-order chi connectivity index (χ0) is 8.15. The lowest BCUT2D eigenvalue weighted by molar-refractivity contribution is -0.184. The number of rotatable bonds is 2. The molecule has 0 heterocycles. The molecule has 0 spiro atoms. The zero-order valence-electron chi connectivity index (χ0n) is 4.85. The highest BCUT2D eigenvalue weighted by molar-refractivity contribution is 6.28. The average molecular weight is 150 g/mol. The van der Waals surface area contributed by atoms with Crippen LogP contribution < -0.4 is 0 Å². The SMILES string of the molecule is O=C(O)C(=O)OC(O)CO. The van der Waals surface area contributed by atoms with Gasteiger partial charge in [0.15, 0.2) is 0 Å². The minimum absolute atomic E-state index is 0.820. The number of aliphatic carboxylic acids is 1. The zero-order valence-corrected chi connectivity index (χ0v) is 4.85. The van der Waals surface area contributed by atoms with E-state index in [1.165, 1.54) is 0 Å². The first-order valence-electron chi connectivity index (χ1n) is 2.30. The van der Waals surface area contributed by atoms with Crippen LogP contribution in [0.5, 0.6) is 0 Å². The standard InChI is InChI=1S/C4H6O6/c5-1-2(6)10-4(9)3(7)8/h2,5-6H,1H2,(H,7,8). The number of carboxylic acids is 1. The highest BCUT2D eigenvalue weighted by Crippen LogP contribution is 1.85. The predicted molar refractivity (Wildman–Crippen MR) is 26.8 cm³/mol. The van der Waals surface area contributed by atoms with E-state index in [2.05, 4.69) is 4.74 Å². The number of aliphatic hydroxyl groups excluding tert-OH is 2. The van der Waals surface area contributed by atoms with Gasteiger partial charge in [-0.05, 0) is 0 Å². The van der Waals surface area contributed by atoms with Crippen molar-refractivity contribution in [1.29, 1.82) is 0 Å². The van der Waals surface area contributed by atoms with Crippen molar-refractivity contribution in [2.24, 2.45) is 0 Å².